The van der Waals surface area contributed by atoms with Crippen LogP contribution in [0.2, 0.25) is 0 Å². The van der Waals surface area contributed by atoms with E-state index in [1.165, 1.54) is 7.11 Å². The van der Waals surface area contributed by atoms with Crippen molar-refractivity contribution in [3.63, 3.8) is 0 Å². The standard InChI is InChI=1S/C9H22NO6P/c1-8(2)16-9(6-13-3)7-15-17(11,12)14-5-4-10/h8-9H,4-7,10H2,1-3H3,(H,11,12)/t9-/m1/s1. The molecule has 0 spiro atoms. The molecule has 0 aromatic carbocycles. The molecular formula is C9H22NO6P. The molecule has 0 aliphatic carbocycles. The second-order valence-corrected chi connectivity index (χ2v) is 5.10. The number of methoxy groups -OCH3 is 1. The summed E-state index contributed by atoms with van der Waals surface area (Å²) in [5, 5.41) is 0. The van der Waals surface area contributed by atoms with Crippen LogP contribution in [0, 0.1) is 0 Å². The van der Waals surface area contributed by atoms with Crippen LogP contribution in [0.5, 0.6) is 0 Å². The Kier molecular flexibility index (Phi) is 8.99. The molecule has 0 aromatic rings. The second kappa shape index (κ2) is 8.99. The van der Waals surface area contributed by atoms with Crippen LogP contribution >= 0.6 is 7.82 Å². The summed E-state index contributed by atoms with van der Waals surface area (Å²) in [6, 6.07) is 0. The fraction of sp³-hybridized carbons (Fsp3) is 1.00. The minimum absolute atomic E-state index is 0.0261. The topological polar surface area (TPSA) is 100 Å². The SMILES string of the molecule is COC[C@H](COP(=O)(O)OCCN)OC(C)C. The molecule has 8 heteroatoms. The summed E-state index contributed by atoms with van der Waals surface area (Å²) in [7, 11) is -2.53. The van der Waals surface area contributed by atoms with Gasteiger partial charge in [0.15, 0.2) is 0 Å². The van der Waals surface area contributed by atoms with E-state index in [9.17, 15) is 9.46 Å². The van der Waals surface area contributed by atoms with Crippen LogP contribution in [0.25, 0.3) is 0 Å². The molecular weight excluding hydrogens is 249 g/mol. The Balaban J connectivity index is 4.05. The highest BCUT2D eigenvalue weighted by atomic mass is 31.2. The fourth-order valence-corrected chi connectivity index (χ4v) is 1.85. The number of hydrogen-bond donors (Lipinski definition) is 2. The van der Waals surface area contributed by atoms with Crippen LogP contribution in [0.4, 0.5) is 0 Å². The second-order valence-electron chi connectivity index (χ2n) is 3.65. The normalized spacial score (nSPS) is 17.1. The minimum atomic E-state index is -4.05. The zero-order valence-corrected chi connectivity index (χ0v) is 11.4. The maximum absolute atomic E-state index is 11.3. The zero-order chi connectivity index (χ0) is 13.3. The van der Waals surface area contributed by atoms with Crippen molar-refractivity contribution in [1.29, 1.82) is 0 Å². The van der Waals surface area contributed by atoms with Crippen LogP contribution in [-0.2, 0) is 23.1 Å². The Morgan fingerprint density at radius 3 is 2.41 bits per heavy atom. The molecule has 3 N–H and O–H groups in total. The molecule has 0 saturated carbocycles. The van der Waals surface area contributed by atoms with Crippen LogP contribution in [0.1, 0.15) is 13.8 Å². The molecule has 1 unspecified atom stereocenters. The molecule has 2 atom stereocenters. The van der Waals surface area contributed by atoms with Gasteiger partial charge in [0, 0.05) is 13.7 Å². The summed E-state index contributed by atoms with van der Waals surface area (Å²) in [5.74, 6) is 0. The molecule has 17 heavy (non-hydrogen) atoms. The molecule has 0 saturated heterocycles. The Hall–Kier alpha value is -0.0100. The van der Waals surface area contributed by atoms with Crippen LogP contribution < -0.4 is 5.73 Å². The summed E-state index contributed by atoms with van der Waals surface area (Å²) in [4.78, 5) is 9.26. The third-order valence-corrected chi connectivity index (χ3v) is 2.60. The van der Waals surface area contributed by atoms with Gasteiger partial charge < -0.3 is 20.1 Å². The van der Waals surface area contributed by atoms with E-state index < -0.39 is 13.9 Å². The highest BCUT2D eigenvalue weighted by molar-refractivity contribution is 7.47. The predicted molar refractivity (Wildman–Crippen MR) is 62.7 cm³/mol. The first kappa shape index (κ1) is 17.0. The lowest BCUT2D eigenvalue weighted by Gasteiger charge is -2.20. The van der Waals surface area contributed by atoms with E-state index >= 15 is 0 Å². The molecule has 0 heterocycles. The van der Waals surface area contributed by atoms with Crippen molar-refractivity contribution in [1.82, 2.24) is 0 Å². The molecule has 0 radical (unpaired) electrons. The summed E-state index contributed by atoms with van der Waals surface area (Å²) >= 11 is 0. The van der Waals surface area contributed by atoms with Gasteiger partial charge >= 0.3 is 7.82 Å². The number of hydrogen-bond acceptors (Lipinski definition) is 6. The van der Waals surface area contributed by atoms with Gasteiger partial charge in [-0.15, -0.1) is 0 Å². The lowest BCUT2D eigenvalue weighted by Crippen LogP contribution is -2.27. The third-order valence-electron chi connectivity index (χ3n) is 1.61. The van der Waals surface area contributed by atoms with Crippen molar-refractivity contribution in [2.24, 2.45) is 5.73 Å². The van der Waals surface area contributed by atoms with Crippen LogP contribution in [-0.4, -0.2) is 50.6 Å². The first-order valence-electron chi connectivity index (χ1n) is 5.37. The highest BCUT2D eigenvalue weighted by Gasteiger charge is 2.23. The molecule has 0 bridgehead atoms. The maximum Gasteiger partial charge on any atom is 0.472 e. The molecule has 0 rings (SSSR count). The largest absolute Gasteiger partial charge is 0.472 e. The lowest BCUT2D eigenvalue weighted by molar-refractivity contribution is -0.0584. The number of nitrogens with two attached hydrogens (primary N) is 1. The summed E-state index contributed by atoms with van der Waals surface area (Å²) < 4.78 is 31.0. The van der Waals surface area contributed by atoms with Crippen LogP contribution in [0.15, 0.2) is 0 Å². The van der Waals surface area contributed by atoms with Crippen LogP contribution in [0.3, 0.4) is 0 Å². The Morgan fingerprint density at radius 2 is 1.94 bits per heavy atom. The molecule has 0 amide bonds. The van der Waals surface area contributed by atoms with E-state index in [0.29, 0.717) is 0 Å². The van der Waals surface area contributed by atoms with E-state index in [1.807, 2.05) is 13.8 Å². The maximum atomic E-state index is 11.3. The minimum Gasteiger partial charge on any atom is -0.382 e. The Labute approximate surface area is 102 Å². The van der Waals surface area contributed by atoms with Gasteiger partial charge in [0.05, 0.1) is 25.9 Å². The summed E-state index contributed by atoms with van der Waals surface area (Å²) in [5.41, 5.74) is 5.15. The van der Waals surface area contributed by atoms with E-state index in [4.69, 9.17) is 19.7 Å². The van der Waals surface area contributed by atoms with Crippen molar-refractivity contribution < 1.29 is 28.0 Å². The monoisotopic (exact) mass is 271 g/mol. The number of phosphoric ester groups is 1. The molecule has 0 aromatic heterocycles. The average Bonchev–Trinajstić information content (AvgIpc) is 2.23. The Morgan fingerprint density at radius 1 is 1.29 bits per heavy atom. The number of ether oxygens (including phenoxy) is 2. The van der Waals surface area contributed by atoms with Crippen molar-refractivity contribution >= 4 is 7.82 Å². The Bertz CT molecular complexity index is 238. The van der Waals surface area contributed by atoms with Gasteiger partial charge in [-0.05, 0) is 13.8 Å². The predicted octanol–water partition coefficient (Wildman–Crippen LogP) is 0.519. The average molecular weight is 271 g/mol. The van der Waals surface area contributed by atoms with Gasteiger partial charge in [0.1, 0.15) is 6.10 Å². The fourth-order valence-electron chi connectivity index (χ4n) is 1.08. The van der Waals surface area contributed by atoms with Gasteiger partial charge in [-0.25, -0.2) is 4.57 Å². The summed E-state index contributed by atoms with van der Waals surface area (Å²) in [6.45, 7) is 4.02. The molecule has 7 nitrogen and oxygen atoms in total. The third kappa shape index (κ3) is 9.67. The first-order valence-corrected chi connectivity index (χ1v) is 6.87. The van der Waals surface area contributed by atoms with Gasteiger partial charge in [-0.3, -0.25) is 9.05 Å². The van der Waals surface area contributed by atoms with E-state index in [2.05, 4.69) is 4.52 Å². The van der Waals surface area contributed by atoms with Crippen molar-refractivity contribution in [3.05, 3.63) is 0 Å². The van der Waals surface area contributed by atoms with Gasteiger partial charge in [-0.2, -0.15) is 0 Å². The lowest BCUT2D eigenvalue weighted by atomic mass is 10.4. The van der Waals surface area contributed by atoms with Gasteiger partial charge in [0.25, 0.3) is 0 Å². The van der Waals surface area contributed by atoms with Crippen molar-refractivity contribution in [2.75, 3.05) is 33.5 Å². The van der Waals surface area contributed by atoms with Crippen molar-refractivity contribution in [2.45, 2.75) is 26.1 Å². The number of phosphoric acid groups is 1. The zero-order valence-electron chi connectivity index (χ0n) is 10.5. The quantitative estimate of drug-likeness (QED) is 0.558. The number of rotatable bonds is 10. The van der Waals surface area contributed by atoms with E-state index in [1.54, 1.807) is 0 Å². The molecule has 0 fully saturated rings. The molecule has 0 aliphatic heterocycles. The van der Waals surface area contributed by atoms with E-state index in [0.717, 1.165) is 0 Å². The first-order chi connectivity index (χ1) is 7.91. The highest BCUT2D eigenvalue weighted by Crippen LogP contribution is 2.42. The summed E-state index contributed by atoms with van der Waals surface area (Å²) in [6.07, 6.45) is -0.441. The van der Waals surface area contributed by atoms with Gasteiger partial charge in [-0.1, -0.05) is 0 Å². The smallest absolute Gasteiger partial charge is 0.382 e. The van der Waals surface area contributed by atoms with Gasteiger partial charge in [0.2, 0.25) is 0 Å². The van der Waals surface area contributed by atoms with Crippen molar-refractivity contribution in [3.8, 4) is 0 Å². The molecule has 104 valence electrons. The molecule has 0 aliphatic rings. The van der Waals surface area contributed by atoms with E-state index in [-0.39, 0.29) is 32.5 Å².